The van der Waals surface area contributed by atoms with Gasteiger partial charge in [-0.25, -0.2) is 4.39 Å². The van der Waals surface area contributed by atoms with Gasteiger partial charge in [-0.15, -0.1) is 24.0 Å². The Labute approximate surface area is 162 Å². The highest BCUT2D eigenvalue weighted by Crippen LogP contribution is 2.19. The zero-order valence-corrected chi connectivity index (χ0v) is 17.2. The van der Waals surface area contributed by atoms with Crippen LogP contribution in [-0.4, -0.2) is 44.6 Å². The zero-order valence-electron chi connectivity index (χ0n) is 14.9. The van der Waals surface area contributed by atoms with E-state index in [4.69, 9.17) is 0 Å². The Bertz CT molecular complexity index is 515. The van der Waals surface area contributed by atoms with Crippen LogP contribution in [0.3, 0.4) is 0 Å². The summed E-state index contributed by atoms with van der Waals surface area (Å²) in [6, 6.07) is 7.41. The number of nitrogens with one attached hydrogen (secondary N) is 2. The molecule has 0 saturated heterocycles. The van der Waals surface area contributed by atoms with Crippen LogP contribution in [0.4, 0.5) is 4.39 Å². The average Bonchev–Trinajstić information content (AvgIpc) is 2.54. The van der Waals surface area contributed by atoms with E-state index in [9.17, 15) is 4.39 Å². The summed E-state index contributed by atoms with van der Waals surface area (Å²) in [6.45, 7) is 0.683. The molecule has 1 fully saturated rings. The van der Waals surface area contributed by atoms with Crippen molar-refractivity contribution < 1.29 is 4.39 Å². The Kier molecular flexibility index (Phi) is 9.58. The molecule has 1 aliphatic carbocycles. The zero-order chi connectivity index (χ0) is 16.7. The summed E-state index contributed by atoms with van der Waals surface area (Å²) in [4.78, 5) is 6.42. The van der Waals surface area contributed by atoms with Gasteiger partial charge in [0.2, 0.25) is 0 Å². The molecule has 1 aromatic rings. The number of benzene rings is 1. The van der Waals surface area contributed by atoms with Gasteiger partial charge in [0.25, 0.3) is 0 Å². The second-order valence-corrected chi connectivity index (χ2v) is 6.47. The lowest BCUT2D eigenvalue weighted by Crippen LogP contribution is -2.46. The quantitative estimate of drug-likeness (QED) is 0.411. The van der Waals surface area contributed by atoms with Crippen LogP contribution in [-0.2, 0) is 0 Å². The Morgan fingerprint density at radius 3 is 2.58 bits per heavy atom. The van der Waals surface area contributed by atoms with E-state index in [2.05, 4.69) is 20.5 Å². The third-order valence-electron chi connectivity index (χ3n) is 4.49. The molecule has 1 atom stereocenters. The fraction of sp³-hybridized carbons (Fsp3) is 0.611. The van der Waals surface area contributed by atoms with Crippen molar-refractivity contribution in [1.82, 2.24) is 15.5 Å². The average molecular weight is 448 g/mol. The predicted octanol–water partition coefficient (Wildman–Crippen LogP) is 3.54. The highest BCUT2D eigenvalue weighted by molar-refractivity contribution is 14.0. The maximum Gasteiger partial charge on any atom is 0.191 e. The normalized spacial score (nSPS) is 17.3. The van der Waals surface area contributed by atoms with Gasteiger partial charge in [0.05, 0.1) is 6.04 Å². The number of guanidine groups is 1. The lowest BCUT2D eigenvalue weighted by molar-refractivity contribution is 0.296. The molecule has 1 aliphatic rings. The first-order chi connectivity index (χ1) is 11.1. The highest BCUT2D eigenvalue weighted by atomic mass is 127. The molecule has 6 heteroatoms. The van der Waals surface area contributed by atoms with Crippen molar-refractivity contribution >= 4 is 29.9 Å². The van der Waals surface area contributed by atoms with Gasteiger partial charge < -0.3 is 15.5 Å². The first-order valence-electron chi connectivity index (χ1n) is 8.49. The van der Waals surface area contributed by atoms with E-state index in [1.165, 1.54) is 38.2 Å². The van der Waals surface area contributed by atoms with Crippen LogP contribution in [0.1, 0.15) is 43.7 Å². The molecule has 0 amide bonds. The number of nitrogens with zero attached hydrogens (tertiary/aromatic N) is 2. The maximum atomic E-state index is 13.5. The monoisotopic (exact) mass is 448 g/mol. The predicted molar refractivity (Wildman–Crippen MR) is 110 cm³/mol. The molecule has 1 saturated carbocycles. The minimum atomic E-state index is -0.195. The largest absolute Gasteiger partial charge is 0.354 e. The first-order valence-corrected chi connectivity index (χ1v) is 8.49. The SMILES string of the molecule is CN=C(NCC(c1cccc(F)c1)N(C)C)NC1CCCCC1.I. The van der Waals surface area contributed by atoms with E-state index in [1.54, 1.807) is 19.2 Å². The summed E-state index contributed by atoms with van der Waals surface area (Å²) >= 11 is 0. The lowest BCUT2D eigenvalue weighted by atomic mass is 9.96. The number of rotatable bonds is 5. The number of aliphatic imine (C=N–C) groups is 1. The van der Waals surface area contributed by atoms with E-state index < -0.39 is 0 Å². The number of hydrogen-bond donors (Lipinski definition) is 2. The van der Waals surface area contributed by atoms with Crippen LogP contribution in [0.5, 0.6) is 0 Å². The molecule has 24 heavy (non-hydrogen) atoms. The van der Waals surface area contributed by atoms with Crippen molar-refractivity contribution in [2.75, 3.05) is 27.7 Å². The Morgan fingerprint density at radius 1 is 1.29 bits per heavy atom. The van der Waals surface area contributed by atoms with Gasteiger partial charge in [-0.2, -0.15) is 0 Å². The summed E-state index contributed by atoms with van der Waals surface area (Å²) in [6.07, 6.45) is 6.34. The molecule has 1 aromatic carbocycles. The number of hydrogen-bond acceptors (Lipinski definition) is 2. The third-order valence-corrected chi connectivity index (χ3v) is 4.49. The van der Waals surface area contributed by atoms with Gasteiger partial charge >= 0.3 is 0 Å². The molecular formula is C18H30FIN4. The van der Waals surface area contributed by atoms with Crippen LogP contribution in [0, 0.1) is 5.82 Å². The topological polar surface area (TPSA) is 39.7 Å². The van der Waals surface area contributed by atoms with Crippen LogP contribution in [0.2, 0.25) is 0 Å². The second kappa shape index (κ2) is 10.9. The second-order valence-electron chi connectivity index (χ2n) is 6.47. The van der Waals surface area contributed by atoms with Crippen LogP contribution in [0.15, 0.2) is 29.3 Å². The Morgan fingerprint density at radius 2 is 2.00 bits per heavy atom. The molecule has 136 valence electrons. The van der Waals surface area contributed by atoms with E-state index in [0.717, 1.165) is 11.5 Å². The molecule has 1 unspecified atom stereocenters. The fourth-order valence-corrected chi connectivity index (χ4v) is 3.14. The Hall–Kier alpha value is -0.890. The van der Waals surface area contributed by atoms with E-state index in [1.807, 2.05) is 20.2 Å². The van der Waals surface area contributed by atoms with Gasteiger partial charge in [-0.1, -0.05) is 31.4 Å². The summed E-state index contributed by atoms with van der Waals surface area (Å²) in [7, 11) is 5.81. The lowest BCUT2D eigenvalue weighted by Gasteiger charge is -2.28. The van der Waals surface area contributed by atoms with Crippen molar-refractivity contribution in [3.8, 4) is 0 Å². The molecule has 2 N–H and O–H groups in total. The molecule has 2 rings (SSSR count). The van der Waals surface area contributed by atoms with Gasteiger partial charge in [0, 0.05) is 19.6 Å². The van der Waals surface area contributed by atoms with Crippen LogP contribution >= 0.6 is 24.0 Å². The van der Waals surface area contributed by atoms with Gasteiger partial charge in [0.15, 0.2) is 5.96 Å². The van der Waals surface area contributed by atoms with E-state index >= 15 is 0 Å². The number of halogens is 2. The number of likely N-dealkylation sites (N-methyl/N-ethyl adjacent to an activating group) is 1. The van der Waals surface area contributed by atoms with Gasteiger partial charge in [-0.3, -0.25) is 4.99 Å². The highest BCUT2D eigenvalue weighted by Gasteiger charge is 2.17. The molecule has 0 radical (unpaired) electrons. The van der Waals surface area contributed by atoms with Crippen molar-refractivity contribution in [2.45, 2.75) is 44.2 Å². The van der Waals surface area contributed by atoms with Crippen molar-refractivity contribution in [3.05, 3.63) is 35.6 Å². The summed E-state index contributed by atoms with van der Waals surface area (Å²) < 4.78 is 13.5. The van der Waals surface area contributed by atoms with Crippen molar-refractivity contribution in [2.24, 2.45) is 4.99 Å². The van der Waals surface area contributed by atoms with Crippen molar-refractivity contribution in [1.29, 1.82) is 0 Å². The fourth-order valence-electron chi connectivity index (χ4n) is 3.14. The third kappa shape index (κ3) is 6.55. The first kappa shape index (κ1) is 21.2. The molecule has 0 aromatic heterocycles. The smallest absolute Gasteiger partial charge is 0.191 e. The van der Waals surface area contributed by atoms with Crippen molar-refractivity contribution in [3.63, 3.8) is 0 Å². The molecule has 4 nitrogen and oxygen atoms in total. The Balaban J connectivity index is 0.00000288. The molecule has 0 bridgehead atoms. The minimum Gasteiger partial charge on any atom is -0.354 e. The minimum absolute atomic E-state index is 0. The summed E-state index contributed by atoms with van der Waals surface area (Å²) in [5, 5.41) is 6.90. The van der Waals surface area contributed by atoms with E-state index in [0.29, 0.717) is 12.6 Å². The molecule has 0 heterocycles. The van der Waals surface area contributed by atoms with Gasteiger partial charge in [-0.05, 0) is 44.6 Å². The summed E-state index contributed by atoms with van der Waals surface area (Å²) in [5.74, 6) is 0.638. The van der Waals surface area contributed by atoms with Gasteiger partial charge in [0.1, 0.15) is 5.82 Å². The molecule has 0 spiro atoms. The molecular weight excluding hydrogens is 418 g/mol. The standard InChI is InChI=1S/C18H29FN4.HI/c1-20-18(22-16-10-5-4-6-11-16)21-13-17(23(2)3)14-8-7-9-15(19)12-14;/h7-9,12,16-17H,4-6,10-11,13H2,1-3H3,(H2,20,21,22);1H. The molecule has 0 aliphatic heterocycles. The summed E-state index contributed by atoms with van der Waals surface area (Å²) in [5.41, 5.74) is 0.968. The van der Waals surface area contributed by atoms with Crippen LogP contribution < -0.4 is 10.6 Å². The maximum absolute atomic E-state index is 13.5. The van der Waals surface area contributed by atoms with Crippen LogP contribution in [0.25, 0.3) is 0 Å². The van der Waals surface area contributed by atoms with E-state index in [-0.39, 0.29) is 35.8 Å².